The molecule has 0 bridgehead atoms. The topological polar surface area (TPSA) is 34.0 Å². The molecule has 0 saturated carbocycles. The Balaban J connectivity index is 2.20. The molecule has 20 heavy (non-hydrogen) atoms. The minimum Gasteiger partial charge on any atom is -0.344 e. The van der Waals surface area contributed by atoms with Gasteiger partial charge in [-0.15, -0.1) is 0 Å². The predicted octanol–water partition coefficient (Wildman–Crippen LogP) is 3.79. The lowest BCUT2D eigenvalue weighted by Crippen LogP contribution is -2.29. The third-order valence-corrected chi connectivity index (χ3v) is 3.51. The molecule has 1 amide bonds. The van der Waals surface area contributed by atoms with Crippen LogP contribution in [0.5, 0.6) is 0 Å². The second kappa shape index (κ2) is 6.09. The van der Waals surface area contributed by atoms with E-state index in [1.165, 1.54) is 12.1 Å². The van der Waals surface area contributed by atoms with Gasteiger partial charge in [0.05, 0.1) is 6.04 Å². The van der Waals surface area contributed by atoms with Crippen molar-refractivity contribution in [2.45, 2.75) is 26.4 Å². The maximum absolute atomic E-state index is 13.8. The number of carbonyl (C=O) groups excluding carboxylic acids is 1. The first kappa shape index (κ1) is 14.6. The summed E-state index contributed by atoms with van der Waals surface area (Å²) in [7, 11) is 0. The minimum absolute atomic E-state index is 0.247. The molecule has 5 heteroatoms. The molecule has 0 saturated heterocycles. The molecular weight excluding hydrogens is 279 g/mol. The molecular formula is C15H16ClFN2O. The van der Waals surface area contributed by atoms with Crippen LogP contribution >= 0.6 is 11.6 Å². The molecule has 0 fully saturated rings. The molecule has 2 rings (SSSR count). The second-order valence-corrected chi connectivity index (χ2v) is 4.92. The van der Waals surface area contributed by atoms with Crippen LogP contribution in [-0.2, 0) is 6.54 Å². The molecule has 0 aliphatic rings. The number of carbonyl (C=O) groups is 1. The molecule has 0 aliphatic heterocycles. The Hall–Kier alpha value is -1.81. The quantitative estimate of drug-likeness (QED) is 0.914. The van der Waals surface area contributed by atoms with Crippen LogP contribution in [0, 0.1) is 5.82 Å². The smallest absolute Gasteiger partial charge is 0.268 e. The number of hydrogen-bond donors (Lipinski definition) is 1. The summed E-state index contributed by atoms with van der Waals surface area (Å²) in [5.41, 5.74) is 0.851. The molecule has 1 N–H and O–H groups in total. The maximum atomic E-state index is 13.8. The van der Waals surface area contributed by atoms with Crippen molar-refractivity contribution in [3.63, 3.8) is 0 Å². The molecule has 3 nitrogen and oxygen atoms in total. The normalized spacial score (nSPS) is 12.2. The van der Waals surface area contributed by atoms with Crippen molar-refractivity contribution in [2.24, 2.45) is 0 Å². The van der Waals surface area contributed by atoms with Crippen LogP contribution in [0.3, 0.4) is 0 Å². The van der Waals surface area contributed by atoms with Crippen molar-refractivity contribution < 1.29 is 9.18 Å². The van der Waals surface area contributed by atoms with E-state index in [-0.39, 0.29) is 5.91 Å². The summed E-state index contributed by atoms with van der Waals surface area (Å²) in [6.07, 6.45) is 1.83. The highest BCUT2D eigenvalue weighted by Gasteiger charge is 2.18. The standard InChI is InChI=1S/C15H16ClFN2O/c1-3-19-9-5-8-13(19)15(20)18-10(2)14-11(16)6-4-7-12(14)17/h4-10H,3H2,1-2H3,(H,18,20). The predicted molar refractivity (Wildman–Crippen MR) is 77.4 cm³/mol. The van der Waals surface area contributed by atoms with Gasteiger partial charge in [0.15, 0.2) is 0 Å². The second-order valence-electron chi connectivity index (χ2n) is 4.51. The summed E-state index contributed by atoms with van der Waals surface area (Å²) < 4.78 is 15.6. The summed E-state index contributed by atoms with van der Waals surface area (Å²) >= 11 is 5.99. The number of rotatable bonds is 4. The van der Waals surface area contributed by atoms with E-state index in [1.54, 1.807) is 25.1 Å². The van der Waals surface area contributed by atoms with Gasteiger partial charge in [0.2, 0.25) is 0 Å². The fraction of sp³-hybridized carbons (Fsp3) is 0.267. The largest absolute Gasteiger partial charge is 0.344 e. The zero-order valence-corrected chi connectivity index (χ0v) is 12.1. The van der Waals surface area contributed by atoms with Gasteiger partial charge in [-0.3, -0.25) is 4.79 Å². The van der Waals surface area contributed by atoms with Gasteiger partial charge in [0.1, 0.15) is 11.5 Å². The lowest BCUT2D eigenvalue weighted by molar-refractivity contribution is 0.0930. The SMILES string of the molecule is CCn1cccc1C(=O)NC(C)c1c(F)cccc1Cl. The van der Waals surface area contributed by atoms with E-state index >= 15 is 0 Å². The van der Waals surface area contributed by atoms with E-state index in [0.717, 1.165) is 0 Å². The van der Waals surface area contributed by atoms with Crippen molar-refractivity contribution in [2.75, 3.05) is 0 Å². The van der Waals surface area contributed by atoms with Gasteiger partial charge in [-0.2, -0.15) is 0 Å². The highest BCUT2D eigenvalue weighted by atomic mass is 35.5. The van der Waals surface area contributed by atoms with Crippen LogP contribution in [0.2, 0.25) is 5.02 Å². The number of benzene rings is 1. The van der Waals surface area contributed by atoms with E-state index in [4.69, 9.17) is 11.6 Å². The molecule has 1 heterocycles. The Bertz CT molecular complexity index is 604. The van der Waals surface area contributed by atoms with E-state index < -0.39 is 11.9 Å². The van der Waals surface area contributed by atoms with Gasteiger partial charge in [-0.05, 0) is 38.1 Å². The summed E-state index contributed by atoms with van der Waals surface area (Å²) in [6.45, 7) is 4.36. The van der Waals surface area contributed by atoms with Gasteiger partial charge in [0.25, 0.3) is 5.91 Å². The number of aryl methyl sites for hydroxylation is 1. The molecule has 0 spiro atoms. The fourth-order valence-electron chi connectivity index (χ4n) is 2.16. The highest BCUT2D eigenvalue weighted by Crippen LogP contribution is 2.25. The third-order valence-electron chi connectivity index (χ3n) is 3.18. The first-order valence-electron chi connectivity index (χ1n) is 6.44. The molecule has 1 aromatic carbocycles. The van der Waals surface area contributed by atoms with Gasteiger partial charge in [0, 0.05) is 23.3 Å². The van der Waals surface area contributed by atoms with Crippen LogP contribution in [0.1, 0.15) is 35.9 Å². The Labute approximate surface area is 122 Å². The zero-order chi connectivity index (χ0) is 14.7. The highest BCUT2D eigenvalue weighted by molar-refractivity contribution is 6.31. The van der Waals surface area contributed by atoms with Gasteiger partial charge in [-0.1, -0.05) is 17.7 Å². The Morgan fingerprint density at radius 1 is 1.40 bits per heavy atom. The van der Waals surface area contributed by atoms with E-state index in [9.17, 15) is 9.18 Å². The molecule has 1 unspecified atom stereocenters. The molecule has 0 aliphatic carbocycles. The molecule has 1 aromatic heterocycles. The lowest BCUT2D eigenvalue weighted by Gasteiger charge is -2.17. The van der Waals surface area contributed by atoms with E-state index in [0.29, 0.717) is 22.8 Å². The fourth-order valence-corrected chi connectivity index (χ4v) is 2.49. The number of aromatic nitrogens is 1. The zero-order valence-electron chi connectivity index (χ0n) is 11.4. The van der Waals surface area contributed by atoms with Crippen LogP contribution in [0.4, 0.5) is 4.39 Å². The Morgan fingerprint density at radius 2 is 2.15 bits per heavy atom. The number of nitrogens with one attached hydrogen (secondary N) is 1. The molecule has 2 aromatic rings. The van der Waals surface area contributed by atoms with Crippen molar-refractivity contribution in [3.05, 3.63) is 58.6 Å². The Kier molecular flexibility index (Phi) is 4.45. The first-order valence-corrected chi connectivity index (χ1v) is 6.82. The molecule has 1 atom stereocenters. The number of halogens is 2. The molecule has 106 valence electrons. The first-order chi connectivity index (χ1) is 9.54. The van der Waals surface area contributed by atoms with Crippen LogP contribution in [-0.4, -0.2) is 10.5 Å². The van der Waals surface area contributed by atoms with E-state index in [2.05, 4.69) is 5.32 Å². The van der Waals surface area contributed by atoms with Gasteiger partial charge < -0.3 is 9.88 Å². The van der Waals surface area contributed by atoms with Crippen molar-refractivity contribution in [1.29, 1.82) is 0 Å². The third kappa shape index (κ3) is 2.85. The summed E-state index contributed by atoms with van der Waals surface area (Å²) in [5, 5.41) is 3.08. The van der Waals surface area contributed by atoms with Crippen molar-refractivity contribution in [1.82, 2.24) is 9.88 Å². The van der Waals surface area contributed by atoms with Crippen LogP contribution in [0.15, 0.2) is 36.5 Å². The number of nitrogens with zero attached hydrogens (tertiary/aromatic N) is 1. The van der Waals surface area contributed by atoms with Crippen LogP contribution < -0.4 is 5.32 Å². The lowest BCUT2D eigenvalue weighted by atomic mass is 10.1. The average Bonchev–Trinajstić information content (AvgIpc) is 2.86. The minimum atomic E-state index is -0.503. The number of hydrogen-bond acceptors (Lipinski definition) is 1. The van der Waals surface area contributed by atoms with Crippen molar-refractivity contribution in [3.8, 4) is 0 Å². The summed E-state index contributed by atoms with van der Waals surface area (Å²) in [5.74, 6) is -0.667. The van der Waals surface area contributed by atoms with Gasteiger partial charge >= 0.3 is 0 Å². The van der Waals surface area contributed by atoms with E-state index in [1.807, 2.05) is 17.7 Å². The summed E-state index contributed by atoms with van der Waals surface area (Å²) in [6, 6.07) is 7.51. The average molecular weight is 295 g/mol. The Morgan fingerprint density at radius 3 is 2.80 bits per heavy atom. The monoisotopic (exact) mass is 294 g/mol. The van der Waals surface area contributed by atoms with Gasteiger partial charge in [-0.25, -0.2) is 4.39 Å². The maximum Gasteiger partial charge on any atom is 0.268 e. The van der Waals surface area contributed by atoms with Crippen molar-refractivity contribution >= 4 is 17.5 Å². The van der Waals surface area contributed by atoms with Crippen LogP contribution in [0.25, 0.3) is 0 Å². The molecule has 0 radical (unpaired) electrons. The summed E-state index contributed by atoms with van der Waals surface area (Å²) in [4.78, 5) is 12.2. The number of amides is 1.